The van der Waals surface area contributed by atoms with E-state index in [-0.39, 0.29) is 17.8 Å². The Labute approximate surface area is 132 Å². The van der Waals surface area contributed by atoms with Crippen molar-refractivity contribution < 1.29 is 13.2 Å². The first-order valence-electron chi connectivity index (χ1n) is 7.96. The summed E-state index contributed by atoms with van der Waals surface area (Å²) in [4.78, 5) is 0. The number of hydrogen-bond acceptors (Lipinski definition) is 4. The van der Waals surface area contributed by atoms with Gasteiger partial charge in [0.2, 0.25) is 10.0 Å². The molecule has 2 heterocycles. The highest BCUT2D eigenvalue weighted by Gasteiger charge is 2.41. The summed E-state index contributed by atoms with van der Waals surface area (Å²) >= 11 is 0. The summed E-state index contributed by atoms with van der Waals surface area (Å²) in [6.45, 7) is 3.46. The summed E-state index contributed by atoms with van der Waals surface area (Å²) in [5.41, 5.74) is 0.158. The molecular weight excluding hydrogens is 300 g/mol. The number of ether oxygens (including phenoxy) is 1. The van der Waals surface area contributed by atoms with Crippen LogP contribution in [0.4, 0.5) is 0 Å². The number of nitrogens with zero attached hydrogens (tertiary/aromatic N) is 1. The van der Waals surface area contributed by atoms with E-state index in [0.29, 0.717) is 18.8 Å². The molecule has 22 heavy (non-hydrogen) atoms. The number of nitrogens with one attached hydrogen (secondary N) is 1. The molecule has 0 amide bonds. The van der Waals surface area contributed by atoms with Gasteiger partial charge in [0, 0.05) is 19.6 Å². The van der Waals surface area contributed by atoms with Gasteiger partial charge in [0.15, 0.2) is 0 Å². The molecule has 0 radical (unpaired) electrons. The van der Waals surface area contributed by atoms with E-state index in [2.05, 4.69) is 5.32 Å². The van der Waals surface area contributed by atoms with Crippen molar-refractivity contribution in [3.63, 3.8) is 0 Å². The Balaban J connectivity index is 1.55. The second-order valence-electron chi connectivity index (χ2n) is 6.34. The minimum absolute atomic E-state index is 0.0470. The first kappa shape index (κ1) is 15.8. The molecule has 0 saturated carbocycles. The molecule has 122 valence electrons. The normalized spacial score (nSPS) is 26.4. The van der Waals surface area contributed by atoms with Gasteiger partial charge in [-0.05, 0) is 43.4 Å². The third-order valence-electron chi connectivity index (χ3n) is 4.71. The van der Waals surface area contributed by atoms with Crippen LogP contribution in [0.3, 0.4) is 0 Å². The minimum atomic E-state index is -3.24. The lowest BCUT2D eigenvalue weighted by atomic mass is 9.80. The van der Waals surface area contributed by atoms with Crippen molar-refractivity contribution >= 4 is 10.0 Å². The molecule has 1 spiro atoms. The van der Waals surface area contributed by atoms with Gasteiger partial charge in [0.1, 0.15) is 12.4 Å². The quantitative estimate of drug-likeness (QED) is 0.891. The van der Waals surface area contributed by atoms with E-state index in [1.807, 2.05) is 30.3 Å². The van der Waals surface area contributed by atoms with Crippen LogP contribution in [0.5, 0.6) is 5.75 Å². The molecule has 5 nitrogen and oxygen atoms in total. The summed E-state index contributed by atoms with van der Waals surface area (Å²) in [6.07, 6.45) is 3.17. The van der Waals surface area contributed by atoms with E-state index in [4.69, 9.17) is 4.74 Å². The molecule has 0 aliphatic carbocycles. The maximum atomic E-state index is 12.5. The van der Waals surface area contributed by atoms with Crippen molar-refractivity contribution in [2.75, 3.05) is 38.5 Å². The molecule has 2 fully saturated rings. The zero-order valence-electron chi connectivity index (χ0n) is 12.8. The zero-order valence-corrected chi connectivity index (χ0v) is 13.6. The Morgan fingerprint density at radius 1 is 1.23 bits per heavy atom. The van der Waals surface area contributed by atoms with Crippen molar-refractivity contribution in [3.05, 3.63) is 30.3 Å². The topological polar surface area (TPSA) is 58.6 Å². The number of hydrogen-bond donors (Lipinski definition) is 1. The van der Waals surface area contributed by atoms with Crippen LogP contribution in [0.25, 0.3) is 0 Å². The van der Waals surface area contributed by atoms with Crippen molar-refractivity contribution in [1.29, 1.82) is 0 Å². The summed E-state index contributed by atoms with van der Waals surface area (Å²) in [5.74, 6) is 0.763. The van der Waals surface area contributed by atoms with Crippen molar-refractivity contribution in [2.24, 2.45) is 5.41 Å². The third-order valence-corrected chi connectivity index (χ3v) is 6.49. The molecule has 1 N–H and O–H groups in total. The molecule has 1 aromatic rings. The lowest BCUT2D eigenvalue weighted by Crippen LogP contribution is -2.48. The fourth-order valence-corrected chi connectivity index (χ4v) is 4.88. The van der Waals surface area contributed by atoms with Crippen LogP contribution in [-0.4, -0.2) is 51.3 Å². The molecule has 3 rings (SSSR count). The Bertz CT molecular complexity index is 583. The molecule has 1 aromatic carbocycles. The molecule has 1 atom stereocenters. The highest BCUT2D eigenvalue weighted by atomic mass is 32.2. The highest BCUT2D eigenvalue weighted by molar-refractivity contribution is 7.89. The predicted molar refractivity (Wildman–Crippen MR) is 86.5 cm³/mol. The van der Waals surface area contributed by atoms with Gasteiger partial charge in [-0.1, -0.05) is 18.2 Å². The lowest BCUT2D eigenvalue weighted by molar-refractivity contribution is 0.166. The van der Waals surface area contributed by atoms with Crippen molar-refractivity contribution in [2.45, 2.75) is 19.3 Å². The largest absolute Gasteiger partial charge is 0.492 e. The Morgan fingerprint density at radius 2 is 2.05 bits per heavy atom. The first-order valence-corrected chi connectivity index (χ1v) is 9.57. The van der Waals surface area contributed by atoms with Crippen molar-refractivity contribution in [1.82, 2.24) is 9.62 Å². The molecule has 0 bridgehead atoms. The molecule has 0 aromatic heterocycles. The second kappa shape index (κ2) is 6.56. The fraction of sp³-hybridized carbons (Fsp3) is 0.625. The van der Waals surface area contributed by atoms with Gasteiger partial charge in [-0.2, -0.15) is 0 Å². The van der Waals surface area contributed by atoms with E-state index < -0.39 is 10.0 Å². The van der Waals surface area contributed by atoms with Crippen LogP contribution in [0, 0.1) is 5.41 Å². The Hall–Kier alpha value is -1.11. The smallest absolute Gasteiger partial charge is 0.217 e. The van der Waals surface area contributed by atoms with E-state index in [1.54, 1.807) is 4.31 Å². The minimum Gasteiger partial charge on any atom is -0.492 e. The zero-order chi connectivity index (χ0) is 15.5. The number of piperidine rings is 1. The average Bonchev–Trinajstić information content (AvgIpc) is 2.96. The fourth-order valence-electron chi connectivity index (χ4n) is 3.45. The maximum absolute atomic E-state index is 12.5. The Morgan fingerprint density at radius 3 is 2.77 bits per heavy atom. The number of para-hydroxylation sites is 1. The van der Waals surface area contributed by atoms with E-state index in [9.17, 15) is 8.42 Å². The first-order chi connectivity index (χ1) is 10.6. The summed E-state index contributed by atoms with van der Waals surface area (Å²) in [7, 11) is -3.24. The van der Waals surface area contributed by atoms with Crippen molar-refractivity contribution in [3.8, 4) is 5.75 Å². The third kappa shape index (κ3) is 3.62. The molecule has 0 unspecified atom stereocenters. The van der Waals surface area contributed by atoms with E-state index in [1.165, 1.54) is 0 Å². The molecule has 2 aliphatic rings. The van der Waals surface area contributed by atoms with Crippen LogP contribution < -0.4 is 10.1 Å². The van der Waals surface area contributed by atoms with Gasteiger partial charge in [0.05, 0.1) is 5.75 Å². The summed E-state index contributed by atoms with van der Waals surface area (Å²) in [6, 6.07) is 9.35. The van der Waals surface area contributed by atoms with Crippen LogP contribution in [0.15, 0.2) is 30.3 Å². The van der Waals surface area contributed by atoms with E-state index in [0.717, 1.165) is 32.4 Å². The number of benzene rings is 1. The second-order valence-corrected chi connectivity index (χ2v) is 8.43. The van der Waals surface area contributed by atoms with Crippen LogP contribution >= 0.6 is 0 Å². The summed E-state index contributed by atoms with van der Waals surface area (Å²) < 4.78 is 32.3. The van der Waals surface area contributed by atoms with Crippen LogP contribution in [0.2, 0.25) is 0 Å². The van der Waals surface area contributed by atoms with E-state index >= 15 is 0 Å². The summed E-state index contributed by atoms with van der Waals surface area (Å²) in [5, 5.41) is 3.37. The average molecular weight is 324 g/mol. The van der Waals surface area contributed by atoms with Crippen LogP contribution in [0.1, 0.15) is 19.3 Å². The maximum Gasteiger partial charge on any atom is 0.217 e. The van der Waals surface area contributed by atoms with Gasteiger partial charge < -0.3 is 10.1 Å². The molecule has 2 saturated heterocycles. The van der Waals surface area contributed by atoms with Crippen LogP contribution in [-0.2, 0) is 10.0 Å². The predicted octanol–water partition coefficient (Wildman–Crippen LogP) is 1.47. The SMILES string of the molecule is O=S(=O)(CCOc1ccccc1)N1CCC[C@]2(CCNC2)C1. The monoisotopic (exact) mass is 324 g/mol. The standard InChI is InChI=1S/C16H24N2O3S/c19-22(20,12-11-21-15-5-2-1-3-6-15)18-10-4-7-16(14-18)8-9-17-13-16/h1-3,5-6,17H,4,7-14H2/t16-/m1/s1. The molecular formula is C16H24N2O3S. The highest BCUT2D eigenvalue weighted by Crippen LogP contribution is 2.36. The van der Waals surface area contributed by atoms with Gasteiger partial charge >= 0.3 is 0 Å². The molecule has 2 aliphatic heterocycles. The molecule has 6 heteroatoms. The van der Waals surface area contributed by atoms with Gasteiger partial charge in [-0.25, -0.2) is 12.7 Å². The number of sulfonamides is 1. The lowest BCUT2D eigenvalue weighted by Gasteiger charge is -2.39. The van der Waals surface area contributed by atoms with Gasteiger partial charge in [0.25, 0.3) is 0 Å². The van der Waals surface area contributed by atoms with Gasteiger partial charge in [-0.15, -0.1) is 0 Å². The number of rotatable bonds is 5. The van der Waals surface area contributed by atoms with Gasteiger partial charge in [-0.3, -0.25) is 0 Å². The Kier molecular flexibility index (Phi) is 4.70.